The zero-order valence-corrected chi connectivity index (χ0v) is 15.8. The second kappa shape index (κ2) is 9.01. The first-order valence-corrected chi connectivity index (χ1v) is 9.84. The molecule has 7 heteroatoms. The Morgan fingerprint density at radius 3 is 2.88 bits per heavy atom. The summed E-state index contributed by atoms with van der Waals surface area (Å²) in [7, 11) is 0. The van der Waals surface area contributed by atoms with Crippen LogP contribution in [0.2, 0.25) is 0 Å². The van der Waals surface area contributed by atoms with Crippen LogP contribution < -0.4 is 10.6 Å². The largest absolute Gasteiger partial charge is 0.468 e. The van der Waals surface area contributed by atoms with Crippen LogP contribution in [0, 0.1) is 6.92 Å². The molecule has 1 fully saturated rings. The molecule has 6 nitrogen and oxygen atoms in total. The molecule has 3 rings (SSSR count). The van der Waals surface area contributed by atoms with E-state index in [0.29, 0.717) is 6.54 Å². The Hall–Kier alpha value is -1.86. The Labute approximate surface area is 153 Å². The van der Waals surface area contributed by atoms with Gasteiger partial charge in [-0.25, -0.2) is 9.98 Å². The monoisotopic (exact) mass is 361 g/mol. The zero-order chi connectivity index (χ0) is 17.5. The summed E-state index contributed by atoms with van der Waals surface area (Å²) in [6.45, 7) is 8.63. The summed E-state index contributed by atoms with van der Waals surface area (Å²) >= 11 is 1.66. The van der Waals surface area contributed by atoms with Crippen LogP contribution in [0.5, 0.6) is 0 Å². The number of thiazole rings is 1. The van der Waals surface area contributed by atoms with Crippen LogP contribution in [-0.4, -0.2) is 42.0 Å². The molecule has 0 amide bonds. The van der Waals surface area contributed by atoms with E-state index in [0.717, 1.165) is 43.6 Å². The number of rotatable bonds is 7. The van der Waals surface area contributed by atoms with Gasteiger partial charge >= 0.3 is 0 Å². The summed E-state index contributed by atoms with van der Waals surface area (Å²) < 4.78 is 5.69. The molecule has 1 saturated heterocycles. The number of aromatic nitrogens is 1. The summed E-state index contributed by atoms with van der Waals surface area (Å²) in [5, 5.41) is 6.82. The van der Waals surface area contributed by atoms with Gasteiger partial charge in [-0.2, -0.15) is 0 Å². The number of nitrogens with one attached hydrogen (secondary N) is 2. The van der Waals surface area contributed by atoms with Gasteiger partial charge in [-0.05, 0) is 51.9 Å². The van der Waals surface area contributed by atoms with Gasteiger partial charge in [-0.1, -0.05) is 0 Å². The van der Waals surface area contributed by atoms with E-state index < -0.39 is 0 Å². The smallest absolute Gasteiger partial charge is 0.191 e. The fourth-order valence-electron chi connectivity index (χ4n) is 3.11. The van der Waals surface area contributed by atoms with Crippen molar-refractivity contribution in [1.29, 1.82) is 0 Å². The minimum Gasteiger partial charge on any atom is -0.468 e. The van der Waals surface area contributed by atoms with Crippen LogP contribution in [0.25, 0.3) is 0 Å². The Morgan fingerprint density at radius 2 is 2.24 bits per heavy atom. The Bertz CT molecular complexity index is 661. The maximum atomic E-state index is 5.69. The van der Waals surface area contributed by atoms with Crippen LogP contribution in [0.3, 0.4) is 0 Å². The normalized spacial score (nSPS) is 17.0. The molecule has 1 aliphatic rings. The van der Waals surface area contributed by atoms with Gasteiger partial charge in [0.2, 0.25) is 0 Å². The van der Waals surface area contributed by atoms with Crippen molar-refractivity contribution < 1.29 is 4.42 Å². The number of nitrogens with zero attached hydrogens (tertiary/aromatic N) is 3. The van der Waals surface area contributed by atoms with Crippen molar-refractivity contribution in [2.45, 2.75) is 39.3 Å². The van der Waals surface area contributed by atoms with Crippen LogP contribution >= 0.6 is 11.3 Å². The molecule has 0 bridgehead atoms. The average Bonchev–Trinajstić information content (AvgIpc) is 3.36. The molecule has 0 saturated carbocycles. The second-order valence-electron chi connectivity index (χ2n) is 6.21. The summed E-state index contributed by atoms with van der Waals surface area (Å²) in [5.74, 6) is 1.86. The third kappa shape index (κ3) is 4.83. The minimum atomic E-state index is 0.242. The average molecular weight is 362 g/mol. The van der Waals surface area contributed by atoms with Crippen LogP contribution in [-0.2, 0) is 6.54 Å². The molecule has 1 unspecified atom stereocenters. The molecule has 0 radical (unpaired) electrons. The summed E-state index contributed by atoms with van der Waals surface area (Å²) in [6.07, 6.45) is 4.27. The molecule has 1 atom stereocenters. The maximum Gasteiger partial charge on any atom is 0.191 e. The summed E-state index contributed by atoms with van der Waals surface area (Å²) in [4.78, 5) is 12.7. The highest BCUT2D eigenvalue weighted by atomic mass is 32.1. The van der Waals surface area contributed by atoms with Crippen molar-refractivity contribution in [2.24, 2.45) is 4.99 Å². The first-order valence-electron chi connectivity index (χ1n) is 8.96. The lowest BCUT2D eigenvalue weighted by atomic mass is 10.2. The quantitative estimate of drug-likeness (QED) is 0.586. The van der Waals surface area contributed by atoms with Crippen LogP contribution in [0.15, 0.2) is 33.3 Å². The summed E-state index contributed by atoms with van der Waals surface area (Å²) in [6, 6.07) is 4.27. The van der Waals surface area contributed by atoms with Crippen molar-refractivity contribution in [3.8, 4) is 0 Å². The first kappa shape index (κ1) is 17.9. The highest BCUT2D eigenvalue weighted by Gasteiger charge is 2.25. The lowest BCUT2D eigenvalue weighted by Crippen LogP contribution is -2.42. The van der Waals surface area contributed by atoms with Crippen LogP contribution in [0.4, 0.5) is 0 Å². The number of hydrogen-bond acceptors (Lipinski definition) is 5. The zero-order valence-electron chi connectivity index (χ0n) is 15.0. The second-order valence-corrected chi connectivity index (χ2v) is 7.15. The molecule has 2 aromatic rings. The van der Waals surface area contributed by atoms with Crippen molar-refractivity contribution >= 4 is 17.3 Å². The van der Waals surface area contributed by atoms with Gasteiger partial charge in [0.05, 0.1) is 30.1 Å². The maximum absolute atomic E-state index is 5.69. The van der Waals surface area contributed by atoms with E-state index >= 15 is 0 Å². The Balaban J connectivity index is 1.64. The topological polar surface area (TPSA) is 65.7 Å². The lowest BCUT2D eigenvalue weighted by molar-refractivity contribution is 0.215. The lowest BCUT2D eigenvalue weighted by Gasteiger charge is -2.26. The van der Waals surface area contributed by atoms with E-state index in [2.05, 4.69) is 33.5 Å². The fraction of sp³-hybridized carbons (Fsp3) is 0.556. The van der Waals surface area contributed by atoms with E-state index in [-0.39, 0.29) is 6.04 Å². The number of guanidine groups is 1. The molecular formula is C18H27N5OS. The molecule has 2 aromatic heterocycles. The third-order valence-electron chi connectivity index (χ3n) is 4.49. The van der Waals surface area contributed by atoms with Crippen molar-refractivity contribution in [1.82, 2.24) is 20.5 Å². The highest BCUT2D eigenvalue weighted by Crippen LogP contribution is 2.24. The molecule has 0 aromatic carbocycles. The van der Waals surface area contributed by atoms with E-state index in [4.69, 9.17) is 9.41 Å². The first-order chi connectivity index (χ1) is 12.3. The third-order valence-corrected chi connectivity index (χ3v) is 5.41. The molecule has 25 heavy (non-hydrogen) atoms. The molecule has 2 N–H and O–H groups in total. The number of hydrogen-bond donors (Lipinski definition) is 2. The van der Waals surface area contributed by atoms with E-state index in [1.165, 1.54) is 17.7 Å². The van der Waals surface area contributed by atoms with Gasteiger partial charge in [0.15, 0.2) is 5.96 Å². The van der Waals surface area contributed by atoms with Gasteiger partial charge in [-0.3, -0.25) is 4.90 Å². The molecule has 0 spiro atoms. The highest BCUT2D eigenvalue weighted by molar-refractivity contribution is 7.09. The van der Waals surface area contributed by atoms with Gasteiger partial charge in [0.1, 0.15) is 5.76 Å². The minimum absolute atomic E-state index is 0.242. The van der Waals surface area contributed by atoms with Gasteiger partial charge in [0.25, 0.3) is 0 Å². The number of furan rings is 1. The van der Waals surface area contributed by atoms with Crippen molar-refractivity contribution in [2.75, 3.05) is 26.2 Å². The van der Waals surface area contributed by atoms with Gasteiger partial charge in [-0.15, -0.1) is 11.3 Å². The Morgan fingerprint density at radius 1 is 1.40 bits per heavy atom. The standard InChI is InChI=1S/C18H27N5OS/c1-3-19-18(21-12-17-14(2)22-13-25-17)20-11-15(16-7-6-10-24-16)23-8-4-5-9-23/h6-7,10,13,15H,3-5,8-9,11-12H2,1-2H3,(H2,19,20,21). The SMILES string of the molecule is CCNC(=NCc1scnc1C)NCC(c1ccco1)N1CCCC1. The molecule has 0 aliphatic carbocycles. The van der Waals surface area contributed by atoms with E-state index in [1.54, 1.807) is 17.6 Å². The van der Waals surface area contributed by atoms with E-state index in [9.17, 15) is 0 Å². The van der Waals surface area contributed by atoms with Crippen molar-refractivity contribution in [3.05, 3.63) is 40.2 Å². The fourth-order valence-corrected chi connectivity index (χ4v) is 3.81. The number of aryl methyl sites for hydroxylation is 1. The van der Waals surface area contributed by atoms with E-state index in [1.807, 2.05) is 18.5 Å². The van der Waals surface area contributed by atoms with Crippen LogP contribution in [0.1, 0.15) is 42.1 Å². The summed E-state index contributed by atoms with van der Waals surface area (Å²) in [5.41, 5.74) is 2.94. The van der Waals surface area contributed by atoms with Gasteiger partial charge in [0, 0.05) is 18.0 Å². The predicted octanol–water partition coefficient (Wildman–Crippen LogP) is 2.94. The number of aliphatic imine (C=N–C) groups is 1. The molecule has 1 aliphatic heterocycles. The molecule has 136 valence electrons. The van der Waals surface area contributed by atoms with Crippen molar-refractivity contribution in [3.63, 3.8) is 0 Å². The molecular weight excluding hydrogens is 334 g/mol. The van der Waals surface area contributed by atoms with Gasteiger partial charge < -0.3 is 15.1 Å². The predicted molar refractivity (Wildman–Crippen MR) is 102 cm³/mol. The molecule has 3 heterocycles. The Kier molecular flexibility index (Phi) is 6.47. The number of likely N-dealkylation sites (tertiary alicyclic amines) is 1.